The minimum Gasteiger partial charge on any atom is -0.380 e. The second-order valence-corrected chi connectivity index (χ2v) is 15.0. The van der Waals surface area contributed by atoms with Crippen LogP contribution in [0.4, 0.5) is 0 Å². The van der Waals surface area contributed by atoms with Crippen LogP contribution < -0.4 is 0 Å². The Hall–Kier alpha value is -4.02. The van der Waals surface area contributed by atoms with Crippen LogP contribution in [0.25, 0.3) is 46.1 Å². The molecule has 0 saturated carbocycles. The number of unbranched alkanes of at least 4 members (excludes halogenated alkanes) is 3. The Bertz CT molecular complexity index is 1930. The molecule has 7 nitrogen and oxygen atoms in total. The summed E-state index contributed by atoms with van der Waals surface area (Å²) in [5.41, 5.74) is 6.05. The minimum absolute atomic E-state index is 0. The van der Waals surface area contributed by atoms with Crippen molar-refractivity contribution >= 4 is 65.8 Å². The lowest BCUT2D eigenvalue weighted by Gasteiger charge is -2.08. The van der Waals surface area contributed by atoms with Crippen LogP contribution in [-0.2, 0) is 26.2 Å². The predicted molar refractivity (Wildman–Crippen MR) is 196 cm³/mol. The highest BCUT2D eigenvalue weighted by Crippen LogP contribution is 2.32. The zero-order valence-corrected chi connectivity index (χ0v) is 26.8. The topological polar surface area (TPSA) is 114 Å². The van der Waals surface area contributed by atoms with E-state index in [2.05, 4.69) is 47.9 Å². The number of fused-ring (bicyclic) bond motifs is 3. The molecule has 9 heteroatoms. The summed E-state index contributed by atoms with van der Waals surface area (Å²) in [5, 5.41) is 20.5. The molecule has 250 valence electrons. The van der Waals surface area contributed by atoms with E-state index in [4.69, 9.17) is 10.2 Å². The quantitative estimate of drug-likeness (QED) is 0.0957. The lowest BCUT2D eigenvalue weighted by atomic mass is 10.1. The van der Waals surface area contributed by atoms with Crippen molar-refractivity contribution in [2.45, 2.75) is 63.8 Å². The van der Waals surface area contributed by atoms with E-state index in [0.29, 0.717) is 0 Å². The molecule has 5 aromatic rings. The second kappa shape index (κ2) is 16.2. The van der Waals surface area contributed by atoms with Gasteiger partial charge in [-0.25, -0.2) is 16.8 Å². The molecular formula is C38H45NO6S2. The Morgan fingerprint density at radius 2 is 0.936 bits per heavy atom. The van der Waals surface area contributed by atoms with E-state index >= 15 is 0 Å². The molecule has 0 atom stereocenters. The van der Waals surface area contributed by atoms with Crippen molar-refractivity contribution in [3.8, 4) is 0 Å². The van der Waals surface area contributed by atoms with Gasteiger partial charge in [0, 0.05) is 28.4 Å². The van der Waals surface area contributed by atoms with Crippen LogP contribution in [0.2, 0.25) is 0 Å². The number of hydrogen-bond acceptors (Lipinski definition) is 6. The van der Waals surface area contributed by atoms with Gasteiger partial charge in [0.25, 0.3) is 0 Å². The van der Waals surface area contributed by atoms with Crippen molar-refractivity contribution < 1.29 is 27.0 Å². The Kier molecular flexibility index (Phi) is 12.9. The first-order valence-electron chi connectivity index (χ1n) is 14.9. The third-order valence-corrected chi connectivity index (χ3v) is 10.6. The molecule has 47 heavy (non-hydrogen) atoms. The van der Waals surface area contributed by atoms with E-state index in [-0.39, 0.29) is 24.6 Å². The molecule has 4 aromatic carbocycles. The first kappa shape index (κ1) is 37.4. The van der Waals surface area contributed by atoms with Gasteiger partial charge < -0.3 is 14.8 Å². The number of aliphatic hydroxyl groups excluding tert-OH is 2. The summed E-state index contributed by atoms with van der Waals surface area (Å²) in [7, 11) is -7.35. The summed E-state index contributed by atoms with van der Waals surface area (Å²) in [6.07, 6.45) is 12.5. The molecule has 0 radical (unpaired) electrons. The maximum absolute atomic E-state index is 11.9. The molecule has 0 amide bonds. The number of sulfone groups is 2. The van der Waals surface area contributed by atoms with E-state index in [9.17, 15) is 16.8 Å². The third kappa shape index (κ3) is 8.67. The van der Waals surface area contributed by atoms with Crippen molar-refractivity contribution in [1.29, 1.82) is 0 Å². The van der Waals surface area contributed by atoms with Crippen molar-refractivity contribution in [2.75, 3.05) is 11.9 Å². The molecule has 2 N–H and O–H groups in total. The van der Waals surface area contributed by atoms with Gasteiger partial charge in [0.2, 0.25) is 19.7 Å². The van der Waals surface area contributed by atoms with Crippen molar-refractivity contribution in [3.05, 3.63) is 107 Å². The van der Waals surface area contributed by atoms with E-state index in [1.54, 1.807) is 24.3 Å². The summed E-state index contributed by atoms with van der Waals surface area (Å²) < 4.78 is 50.0. The molecule has 0 unspecified atom stereocenters. The largest absolute Gasteiger partial charge is 0.380 e. The molecule has 1 aromatic heterocycles. The van der Waals surface area contributed by atoms with Crippen LogP contribution in [0, 0.1) is 0 Å². The lowest BCUT2D eigenvalue weighted by molar-refractivity contribution is 0.358. The van der Waals surface area contributed by atoms with Gasteiger partial charge in [-0.1, -0.05) is 102 Å². The molecule has 0 fully saturated rings. The first-order valence-corrected chi connectivity index (χ1v) is 18.2. The fourth-order valence-corrected chi connectivity index (χ4v) is 6.79. The van der Waals surface area contributed by atoms with Crippen molar-refractivity contribution in [2.24, 2.45) is 0 Å². The van der Waals surface area contributed by atoms with E-state index < -0.39 is 31.6 Å². The zero-order valence-electron chi connectivity index (χ0n) is 25.1. The van der Waals surface area contributed by atoms with Crippen LogP contribution in [0.15, 0.2) is 94.7 Å². The van der Waals surface area contributed by atoms with Crippen LogP contribution in [0.1, 0.15) is 69.7 Å². The second-order valence-electron chi connectivity index (χ2n) is 11.1. The highest BCUT2D eigenvalue weighted by Gasteiger charge is 2.14. The molecule has 0 spiro atoms. The summed E-state index contributed by atoms with van der Waals surface area (Å²) >= 11 is 0. The van der Waals surface area contributed by atoms with Crippen LogP contribution >= 0.6 is 0 Å². The van der Waals surface area contributed by atoms with Gasteiger partial charge in [-0.15, -0.1) is 0 Å². The fourth-order valence-electron chi connectivity index (χ4n) is 5.39. The summed E-state index contributed by atoms with van der Waals surface area (Å²) in [4.78, 5) is 0.179. The van der Waals surface area contributed by atoms with E-state index in [1.807, 2.05) is 24.3 Å². The van der Waals surface area contributed by atoms with E-state index in [0.717, 1.165) is 46.0 Å². The number of aryl methyl sites for hydroxylation is 1. The standard InChI is InChI=1S/C36H37NO6S2.2CH4/c1-2-3-4-5-22-37-35-20-14-29(8-6-27-10-16-31(17-11-27)44(40,41)25-38)23-33(35)34-24-30(15-21-36(34)37)9-7-28-12-18-32(19-13-28)45(42,43)26-39;;/h6-21,23-24,38-39H,2-5,22,25-26H2,1H3;2*1H4/b8-6+,9-7+;;. The Labute approximate surface area is 279 Å². The Morgan fingerprint density at radius 1 is 0.553 bits per heavy atom. The molecule has 0 saturated heterocycles. The van der Waals surface area contributed by atoms with Crippen LogP contribution in [0.3, 0.4) is 0 Å². The third-order valence-electron chi connectivity index (χ3n) is 7.90. The smallest absolute Gasteiger partial charge is 0.202 e. The molecule has 5 rings (SSSR count). The van der Waals surface area contributed by atoms with Gasteiger partial charge in [0.1, 0.15) is 11.9 Å². The normalized spacial score (nSPS) is 12.1. The summed E-state index contributed by atoms with van der Waals surface area (Å²) in [6, 6.07) is 25.7. The molecule has 0 aliphatic carbocycles. The molecule has 0 bridgehead atoms. The average Bonchev–Trinajstić information content (AvgIpc) is 3.37. The van der Waals surface area contributed by atoms with Gasteiger partial charge in [-0.3, -0.25) is 0 Å². The SMILES string of the molecule is C.C.CCCCCCn1c2ccc(/C=C/c3ccc(S(=O)(=O)CO)cc3)cc2c2cc(/C=C/c3ccc(S(=O)(=O)CO)cc3)ccc21. The monoisotopic (exact) mass is 675 g/mol. The highest BCUT2D eigenvalue weighted by atomic mass is 32.2. The van der Waals surface area contributed by atoms with Crippen molar-refractivity contribution in [1.82, 2.24) is 4.57 Å². The van der Waals surface area contributed by atoms with Gasteiger partial charge >= 0.3 is 0 Å². The lowest BCUT2D eigenvalue weighted by Crippen LogP contribution is -2.05. The van der Waals surface area contributed by atoms with Crippen molar-refractivity contribution in [3.63, 3.8) is 0 Å². The molecular weight excluding hydrogens is 631 g/mol. The average molecular weight is 676 g/mol. The zero-order chi connectivity index (χ0) is 32.0. The Morgan fingerprint density at radius 3 is 1.32 bits per heavy atom. The van der Waals surface area contributed by atoms with Crippen LogP contribution in [-0.4, -0.2) is 43.5 Å². The summed E-state index contributed by atoms with van der Waals surface area (Å²) in [5.74, 6) is -1.84. The first-order chi connectivity index (χ1) is 21.6. The van der Waals surface area contributed by atoms with Gasteiger partial charge in [0.15, 0.2) is 0 Å². The van der Waals surface area contributed by atoms with Gasteiger partial charge in [0.05, 0.1) is 9.79 Å². The molecule has 0 aliphatic rings. The number of nitrogens with zero attached hydrogens (tertiary/aromatic N) is 1. The maximum Gasteiger partial charge on any atom is 0.202 e. The number of benzene rings is 4. The van der Waals surface area contributed by atoms with Crippen LogP contribution in [0.5, 0.6) is 0 Å². The molecule has 1 heterocycles. The number of rotatable bonds is 13. The fraction of sp³-hybridized carbons (Fsp3) is 0.263. The number of hydrogen-bond donors (Lipinski definition) is 2. The summed E-state index contributed by atoms with van der Waals surface area (Å²) in [6.45, 7) is 3.14. The number of aromatic nitrogens is 1. The number of aliphatic hydroxyl groups is 2. The Balaban J connectivity index is 0.00000300. The van der Waals surface area contributed by atoms with E-state index in [1.165, 1.54) is 54.6 Å². The van der Waals surface area contributed by atoms with Gasteiger partial charge in [-0.05, 0) is 77.2 Å². The minimum atomic E-state index is -3.67. The van der Waals surface area contributed by atoms with Gasteiger partial charge in [-0.2, -0.15) is 0 Å². The molecule has 0 aliphatic heterocycles. The predicted octanol–water partition coefficient (Wildman–Crippen LogP) is 8.43. The highest BCUT2D eigenvalue weighted by molar-refractivity contribution is 7.91. The maximum atomic E-state index is 11.9.